The molecule has 2 aromatic heterocycles. The number of aromatic nitrogens is 2. The van der Waals surface area contributed by atoms with Crippen molar-refractivity contribution in [1.82, 2.24) is 9.97 Å². The second-order valence-corrected chi connectivity index (χ2v) is 6.75. The Balaban J connectivity index is 2.43. The molecule has 0 unspecified atom stereocenters. The van der Waals surface area contributed by atoms with Gasteiger partial charge in [0.25, 0.3) is 0 Å². The summed E-state index contributed by atoms with van der Waals surface area (Å²) in [5.74, 6) is 0.841. The third-order valence-corrected chi connectivity index (χ3v) is 3.93. The van der Waals surface area contributed by atoms with Crippen LogP contribution in [0, 0.1) is 6.92 Å². The van der Waals surface area contributed by atoms with E-state index < -0.39 is 0 Å². The first kappa shape index (κ1) is 13.6. The number of nitrogens with zero attached hydrogens (tertiary/aromatic N) is 2. The van der Waals surface area contributed by atoms with Crippen LogP contribution < -0.4 is 5.32 Å². The molecule has 2 heterocycles. The Bertz CT molecular complexity index is 563. The molecular weight excluding hydrogens is 266 g/mol. The van der Waals surface area contributed by atoms with Crippen LogP contribution in [0.15, 0.2) is 6.07 Å². The molecule has 0 saturated heterocycles. The van der Waals surface area contributed by atoms with Gasteiger partial charge in [0.2, 0.25) is 5.28 Å². The minimum Gasteiger partial charge on any atom is -0.365 e. The molecule has 0 aliphatic heterocycles. The van der Waals surface area contributed by atoms with Gasteiger partial charge in [0, 0.05) is 10.4 Å². The summed E-state index contributed by atoms with van der Waals surface area (Å²) < 4.78 is 0. The fourth-order valence-electron chi connectivity index (χ4n) is 2.12. The molecule has 0 amide bonds. The van der Waals surface area contributed by atoms with Gasteiger partial charge in [0.15, 0.2) is 0 Å². The zero-order chi connectivity index (χ0) is 13.3. The van der Waals surface area contributed by atoms with E-state index in [0.29, 0.717) is 5.28 Å². The van der Waals surface area contributed by atoms with Gasteiger partial charge < -0.3 is 5.32 Å². The van der Waals surface area contributed by atoms with Gasteiger partial charge in [0.1, 0.15) is 10.6 Å². The molecule has 3 nitrogen and oxygen atoms in total. The van der Waals surface area contributed by atoms with Gasteiger partial charge in [-0.25, -0.2) is 9.97 Å². The van der Waals surface area contributed by atoms with Crippen molar-refractivity contribution in [3.05, 3.63) is 16.2 Å². The lowest BCUT2D eigenvalue weighted by molar-refractivity contribution is 0.509. The molecule has 0 spiro atoms. The van der Waals surface area contributed by atoms with E-state index in [2.05, 4.69) is 49.0 Å². The fraction of sp³-hybridized carbons (Fsp3) is 0.538. The molecule has 2 aromatic rings. The van der Waals surface area contributed by atoms with Gasteiger partial charge in [0.05, 0.1) is 5.39 Å². The second kappa shape index (κ2) is 5.02. The van der Waals surface area contributed by atoms with Crippen LogP contribution >= 0.6 is 22.9 Å². The van der Waals surface area contributed by atoms with Gasteiger partial charge in [-0.3, -0.25) is 0 Å². The molecule has 18 heavy (non-hydrogen) atoms. The summed E-state index contributed by atoms with van der Waals surface area (Å²) >= 11 is 7.63. The van der Waals surface area contributed by atoms with E-state index in [1.165, 1.54) is 4.88 Å². The topological polar surface area (TPSA) is 37.8 Å². The molecule has 0 saturated carbocycles. The van der Waals surface area contributed by atoms with Crippen molar-refractivity contribution in [2.45, 2.75) is 46.1 Å². The molecule has 0 radical (unpaired) electrons. The van der Waals surface area contributed by atoms with Crippen molar-refractivity contribution in [2.24, 2.45) is 0 Å². The van der Waals surface area contributed by atoms with E-state index in [1.54, 1.807) is 11.3 Å². The number of aryl methyl sites for hydroxylation is 1. The Hall–Kier alpha value is -0.870. The number of thiophene rings is 1. The number of rotatable bonds is 4. The Morgan fingerprint density at radius 1 is 1.39 bits per heavy atom. The van der Waals surface area contributed by atoms with Gasteiger partial charge >= 0.3 is 0 Å². The minimum atomic E-state index is 0.00913. The Labute approximate surface area is 117 Å². The highest BCUT2D eigenvalue weighted by Crippen LogP contribution is 2.31. The lowest BCUT2D eigenvalue weighted by atomic mass is 9.99. The molecule has 0 aromatic carbocycles. The highest BCUT2D eigenvalue weighted by Gasteiger charge is 2.19. The van der Waals surface area contributed by atoms with Crippen LogP contribution in [-0.2, 0) is 0 Å². The van der Waals surface area contributed by atoms with Crippen LogP contribution in [-0.4, -0.2) is 15.5 Å². The lowest BCUT2D eigenvalue weighted by Crippen LogP contribution is -2.31. The highest BCUT2D eigenvalue weighted by molar-refractivity contribution is 7.18. The summed E-state index contributed by atoms with van der Waals surface area (Å²) in [7, 11) is 0. The minimum absolute atomic E-state index is 0.00913. The molecule has 0 fully saturated rings. The van der Waals surface area contributed by atoms with Gasteiger partial charge in [-0.1, -0.05) is 13.3 Å². The van der Waals surface area contributed by atoms with Crippen LogP contribution in [0.4, 0.5) is 5.82 Å². The van der Waals surface area contributed by atoms with Gasteiger partial charge in [-0.2, -0.15) is 0 Å². The Morgan fingerprint density at radius 3 is 2.78 bits per heavy atom. The summed E-state index contributed by atoms with van der Waals surface area (Å²) in [6.45, 7) is 8.61. The van der Waals surface area contributed by atoms with E-state index in [0.717, 1.165) is 28.9 Å². The number of anilines is 1. The first-order valence-electron chi connectivity index (χ1n) is 6.13. The third kappa shape index (κ3) is 2.93. The summed E-state index contributed by atoms with van der Waals surface area (Å²) in [6.07, 6.45) is 2.21. The summed E-state index contributed by atoms with van der Waals surface area (Å²) in [5, 5.41) is 4.85. The maximum atomic E-state index is 5.98. The number of hydrogen-bond donors (Lipinski definition) is 1. The third-order valence-electron chi connectivity index (χ3n) is 2.82. The van der Waals surface area contributed by atoms with Crippen LogP contribution in [0.3, 0.4) is 0 Å². The Morgan fingerprint density at radius 2 is 2.11 bits per heavy atom. The molecule has 0 bridgehead atoms. The van der Waals surface area contributed by atoms with Crippen molar-refractivity contribution in [3.63, 3.8) is 0 Å². The summed E-state index contributed by atoms with van der Waals surface area (Å²) in [5.41, 5.74) is 0.00913. The molecule has 98 valence electrons. The SMILES string of the molecule is CCCC(C)(C)Nc1nc(Cl)nc2sc(C)cc12. The molecule has 2 rings (SSSR count). The first-order chi connectivity index (χ1) is 8.41. The maximum absolute atomic E-state index is 5.98. The molecule has 1 N–H and O–H groups in total. The summed E-state index contributed by atoms with van der Waals surface area (Å²) in [6, 6.07) is 2.11. The lowest BCUT2D eigenvalue weighted by Gasteiger charge is -2.26. The largest absolute Gasteiger partial charge is 0.365 e. The smallest absolute Gasteiger partial charge is 0.225 e. The number of hydrogen-bond acceptors (Lipinski definition) is 4. The zero-order valence-corrected chi connectivity index (χ0v) is 12.7. The normalized spacial score (nSPS) is 12.1. The standard InChI is InChI=1S/C13H18ClN3S/c1-5-6-13(3,4)17-10-9-7-8(2)18-11(9)16-12(14)15-10/h7H,5-6H2,1-4H3,(H,15,16,17). The predicted octanol–water partition coefficient (Wildman–Crippen LogP) is 4.64. The van der Waals surface area contributed by atoms with E-state index in [-0.39, 0.29) is 5.54 Å². The maximum Gasteiger partial charge on any atom is 0.225 e. The van der Waals surface area contributed by atoms with Crippen LogP contribution in [0.5, 0.6) is 0 Å². The van der Waals surface area contributed by atoms with E-state index in [4.69, 9.17) is 11.6 Å². The van der Waals surface area contributed by atoms with Gasteiger partial charge in [-0.05, 0) is 44.9 Å². The quantitative estimate of drug-likeness (QED) is 0.831. The molecular formula is C13H18ClN3S. The van der Waals surface area contributed by atoms with Crippen molar-refractivity contribution >= 4 is 39.0 Å². The number of halogens is 1. The van der Waals surface area contributed by atoms with Crippen LogP contribution in [0.25, 0.3) is 10.2 Å². The fourth-order valence-corrected chi connectivity index (χ4v) is 3.22. The van der Waals surface area contributed by atoms with E-state index >= 15 is 0 Å². The van der Waals surface area contributed by atoms with Crippen molar-refractivity contribution in [1.29, 1.82) is 0 Å². The van der Waals surface area contributed by atoms with E-state index in [9.17, 15) is 0 Å². The first-order valence-corrected chi connectivity index (χ1v) is 7.32. The zero-order valence-electron chi connectivity index (χ0n) is 11.2. The molecule has 5 heteroatoms. The number of fused-ring (bicyclic) bond motifs is 1. The Kier molecular flexibility index (Phi) is 3.78. The van der Waals surface area contributed by atoms with Crippen molar-refractivity contribution in [2.75, 3.05) is 5.32 Å². The van der Waals surface area contributed by atoms with Crippen molar-refractivity contribution in [3.8, 4) is 0 Å². The second-order valence-electron chi connectivity index (χ2n) is 5.18. The van der Waals surface area contributed by atoms with Crippen LogP contribution in [0.2, 0.25) is 5.28 Å². The van der Waals surface area contributed by atoms with Crippen molar-refractivity contribution < 1.29 is 0 Å². The number of nitrogens with one attached hydrogen (secondary N) is 1. The average Bonchev–Trinajstić information content (AvgIpc) is 2.57. The van der Waals surface area contributed by atoms with Crippen LogP contribution in [0.1, 0.15) is 38.5 Å². The predicted molar refractivity (Wildman–Crippen MR) is 79.8 cm³/mol. The molecule has 0 atom stereocenters. The van der Waals surface area contributed by atoms with E-state index in [1.807, 2.05) is 0 Å². The monoisotopic (exact) mass is 283 g/mol. The average molecular weight is 284 g/mol. The van der Waals surface area contributed by atoms with Gasteiger partial charge in [-0.15, -0.1) is 11.3 Å². The summed E-state index contributed by atoms with van der Waals surface area (Å²) in [4.78, 5) is 10.8. The molecule has 0 aliphatic carbocycles. The highest BCUT2D eigenvalue weighted by atomic mass is 35.5. The molecule has 0 aliphatic rings.